The molecule has 0 saturated carbocycles. The van der Waals surface area contributed by atoms with E-state index in [1.807, 2.05) is 6.08 Å². The first kappa shape index (κ1) is 60.4. The predicted octanol–water partition coefficient (Wildman–Crippen LogP) is 12.8. The molecule has 64 heavy (non-hydrogen) atoms. The Labute approximate surface area is 393 Å². The third-order valence-corrected chi connectivity index (χ3v) is 12.9. The van der Waals surface area contributed by atoms with E-state index >= 15 is 0 Å². The van der Waals surface area contributed by atoms with Gasteiger partial charge in [0.1, 0.15) is 24.4 Å². The van der Waals surface area contributed by atoms with E-state index in [4.69, 9.17) is 9.47 Å². The fourth-order valence-electron chi connectivity index (χ4n) is 8.60. The van der Waals surface area contributed by atoms with Crippen molar-refractivity contribution in [1.29, 1.82) is 0 Å². The number of rotatable bonds is 46. The van der Waals surface area contributed by atoms with Gasteiger partial charge in [0.05, 0.1) is 25.4 Å². The van der Waals surface area contributed by atoms with Gasteiger partial charge in [-0.15, -0.1) is 0 Å². The zero-order chi connectivity index (χ0) is 46.6. The first-order valence-corrected chi connectivity index (χ1v) is 27.2. The van der Waals surface area contributed by atoms with Gasteiger partial charge in [-0.05, 0) is 44.9 Å². The first-order chi connectivity index (χ1) is 31.3. The molecule has 1 aliphatic heterocycles. The largest absolute Gasteiger partial charge is 0.394 e. The summed E-state index contributed by atoms with van der Waals surface area (Å²) in [4.78, 5) is 13.0. The van der Waals surface area contributed by atoms with Crippen LogP contribution < -0.4 is 5.32 Å². The number of carbonyl (C=O) groups is 1. The van der Waals surface area contributed by atoms with Crippen LogP contribution in [0.3, 0.4) is 0 Å². The Kier molecular flexibility index (Phi) is 42.7. The van der Waals surface area contributed by atoms with E-state index < -0.39 is 49.5 Å². The molecule has 0 bridgehead atoms. The zero-order valence-electron chi connectivity index (χ0n) is 41.5. The Morgan fingerprint density at radius 2 is 0.891 bits per heavy atom. The molecule has 0 aliphatic carbocycles. The molecule has 6 N–H and O–H groups in total. The Balaban J connectivity index is 2.30. The van der Waals surface area contributed by atoms with E-state index in [2.05, 4.69) is 43.5 Å². The summed E-state index contributed by atoms with van der Waals surface area (Å²) in [5.41, 5.74) is 0. The van der Waals surface area contributed by atoms with Crippen molar-refractivity contribution in [2.45, 2.75) is 294 Å². The van der Waals surface area contributed by atoms with Crippen LogP contribution >= 0.6 is 0 Å². The van der Waals surface area contributed by atoms with E-state index in [1.54, 1.807) is 6.08 Å². The molecule has 0 spiro atoms. The van der Waals surface area contributed by atoms with E-state index in [9.17, 15) is 30.3 Å². The summed E-state index contributed by atoms with van der Waals surface area (Å²) in [6, 6.07) is -0.825. The van der Waals surface area contributed by atoms with Gasteiger partial charge in [0.15, 0.2) is 6.29 Å². The van der Waals surface area contributed by atoms with Crippen LogP contribution in [0, 0.1) is 0 Å². The normalized spacial score (nSPS) is 20.3. The number of nitrogens with one attached hydrogen (secondary N) is 1. The number of aliphatic hydroxyl groups is 5. The second-order valence-electron chi connectivity index (χ2n) is 19.0. The van der Waals surface area contributed by atoms with Gasteiger partial charge in [0.25, 0.3) is 0 Å². The van der Waals surface area contributed by atoms with Crippen molar-refractivity contribution in [3.63, 3.8) is 0 Å². The molecule has 9 nitrogen and oxygen atoms in total. The summed E-state index contributed by atoms with van der Waals surface area (Å²) in [5.74, 6) is -0.187. The summed E-state index contributed by atoms with van der Waals surface area (Å²) in [6.45, 7) is 3.78. The van der Waals surface area contributed by atoms with Gasteiger partial charge in [-0.2, -0.15) is 0 Å². The van der Waals surface area contributed by atoms with Crippen molar-refractivity contribution in [1.82, 2.24) is 5.32 Å². The van der Waals surface area contributed by atoms with Gasteiger partial charge < -0.3 is 40.3 Å². The number of allylic oxidation sites excluding steroid dienone is 5. The number of ether oxygens (including phenoxy) is 2. The standard InChI is InChI=1S/C55H103NO8/c1-3-5-7-9-11-13-15-17-19-21-23-24-25-27-28-30-32-34-36-38-40-42-44-49(58)48(47-63-55-54(62)53(61)52(60)50(46-57)64-55)56-51(59)45-43-41-39-37-35-33-31-29-26-22-20-18-16-14-12-10-8-6-4-2/h27-28,34,36,42,44,48-50,52-55,57-58,60-62H,3-26,29-33,35,37-41,43,45-47H2,1-2H3,(H,56,59)/b28-27+,36-34+,44-42+. The molecule has 1 rings (SSSR count). The summed E-state index contributed by atoms with van der Waals surface area (Å²) in [5, 5.41) is 54.4. The monoisotopic (exact) mass is 906 g/mol. The number of unbranched alkanes of at least 4 members (excludes halogenated alkanes) is 32. The third-order valence-electron chi connectivity index (χ3n) is 12.9. The zero-order valence-corrected chi connectivity index (χ0v) is 41.5. The summed E-state index contributed by atoms with van der Waals surface area (Å²) < 4.78 is 11.2. The molecule has 1 saturated heterocycles. The van der Waals surface area contributed by atoms with Crippen LogP contribution in [0.5, 0.6) is 0 Å². The predicted molar refractivity (Wildman–Crippen MR) is 267 cm³/mol. The molecule has 1 fully saturated rings. The van der Waals surface area contributed by atoms with E-state index in [0.717, 1.165) is 44.9 Å². The number of hydrogen-bond acceptors (Lipinski definition) is 8. The lowest BCUT2D eigenvalue weighted by Crippen LogP contribution is -2.60. The maximum absolute atomic E-state index is 13.0. The molecule has 0 aromatic rings. The van der Waals surface area contributed by atoms with Crippen molar-refractivity contribution in [3.8, 4) is 0 Å². The molecule has 0 radical (unpaired) electrons. The molecule has 0 aromatic carbocycles. The fraction of sp³-hybridized carbons (Fsp3) is 0.873. The van der Waals surface area contributed by atoms with Crippen LogP contribution in [0.2, 0.25) is 0 Å². The topological polar surface area (TPSA) is 149 Å². The average Bonchev–Trinajstić information content (AvgIpc) is 3.29. The Morgan fingerprint density at radius 1 is 0.516 bits per heavy atom. The molecule has 7 unspecified atom stereocenters. The van der Waals surface area contributed by atoms with Crippen LogP contribution in [0.4, 0.5) is 0 Å². The van der Waals surface area contributed by atoms with Gasteiger partial charge >= 0.3 is 0 Å². The van der Waals surface area contributed by atoms with E-state index in [-0.39, 0.29) is 12.5 Å². The Hall–Kier alpha value is -1.59. The lowest BCUT2D eigenvalue weighted by atomic mass is 9.99. The van der Waals surface area contributed by atoms with Crippen LogP contribution in [0.25, 0.3) is 0 Å². The average molecular weight is 906 g/mol. The van der Waals surface area contributed by atoms with Crippen LogP contribution in [0.1, 0.15) is 251 Å². The third kappa shape index (κ3) is 34.7. The van der Waals surface area contributed by atoms with Crippen molar-refractivity contribution in [2.24, 2.45) is 0 Å². The van der Waals surface area contributed by atoms with Crippen LogP contribution in [-0.4, -0.2) is 87.5 Å². The van der Waals surface area contributed by atoms with Crippen molar-refractivity contribution >= 4 is 5.91 Å². The van der Waals surface area contributed by atoms with E-state index in [0.29, 0.717) is 6.42 Å². The molecule has 1 amide bonds. The van der Waals surface area contributed by atoms with Crippen molar-refractivity contribution < 1.29 is 39.8 Å². The smallest absolute Gasteiger partial charge is 0.220 e. The number of hydrogen-bond donors (Lipinski definition) is 6. The molecule has 9 heteroatoms. The maximum atomic E-state index is 13.0. The fourth-order valence-corrected chi connectivity index (χ4v) is 8.60. The molecule has 1 heterocycles. The van der Waals surface area contributed by atoms with Crippen LogP contribution in [-0.2, 0) is 14.3 Å². The number of carbonyl (C=O) groups excluding carboxylic acids is 1. The van der Waals surface area contributed by atoms with Crippen molar-refractivity contribution in [2.75, 3.05) is 13.2 Å². The first-order valence-electron chi connectivity index (χ1n) is 27.2. The van der Waals surface area contributed by atoms with Gasteiger partial charge in [0, 0.05) is 6.42 Å². The second-order valence-corrected chi connectivity index (χ2v) is 19.0. The highest BCUT2D eigenvalue weighted by atomic mass is 16.7. The van der Waals surface area contributed by atoms with Gasteiger partial charge in [-0.1, -0.05) is 237 Å². The Bertz CT molecular complexity index is 1100. The van der Waals surface area contributed by atoms with Crippen molar-refractivity contribution in [3.05, 3.63) is 36.5 Å². The van der Waals surface area contributed by atoms with Crippen LogP contribution in [0.15, 0.2) is 36.5 Å². The molecule has 1 aliphatic rings. The SMILES string of the molecule is CCCCCCCCCCCCCC/C=C/CC/C=C/CC/C=C/C(O)C(COC1OC(CO)C(O)C(O)C1O)NC(=O)CCCCCCCCCCCCCCCCCCCCC. The lowest BCUT2D eigenvalue weighted by Gasteiger charge is -2.40. The van der Waals surface area contributed by atoms with Gasteiger partial charge in [-0.25, -0.2) is 0 Å². The van der Waals surface area contributed by atoms with E-state index in [1.165, 1.54) is 186 Å². The Morgan fingerprint density at radius 3 is 1.31 bits per heavy atom. The van der Waals surface area contributed by atoms with Gasteiger partial charge in [0.2, 0.25) is 5.91 Å². The number of amides is 1. The summed E-state index contributed by atoms with van der Waals surface area (Å²) >= 11 is 0. The summed E-state index contributed by atoms with van der Waals surface area (Å²) in [6.07, 6.45) is 50.6. The molecular formula is C55H103NO8. The minimum Gasteiger partial charge on any atom is -0.394 e. The molecule has 376 valence electrons. The highest BCUT2D eigenvalue weighted by Gasteiger charge is 2.44. The minimum absolute atomic E-state index is 0.187. The second kappa shape index (κ2) is 45.2. The highest BCUT2D eigenvalue weighted by molar-refractivity contribution is 5.76. The lowest BCUT2D eigenvalue weighted by molar-refractivity contribution is -0.302. The molecular weight excluding hydrogens is 803 g/mol. The quantitative estimate of drug-likeness (QED) is 0.0261. The highest BCUT2D eigenvalue weighted by Crippen LogP contribution is 2.23. The minimum atomic E-state index is -1.57. The molecule has 7 atom stereocenters. The molecule has 0 aromatic heterocycles. The number of aliphatic hydroxyl groups excluding tert-OH is 5. The summed E-state index contributed by atoms with van der Waals surface area (Å²) in [7, 11) is 0. The maximum Gasteiger partial charge on any atom is 0.220 e. The van der Waals surface area contributed by atoms with Gasteiger partial charge in [-0.3, -0.25) is 4.79 Å².